The van der Waals surface area contributed by atoms with Gasteiger partial charge >= 0.3 is 30.5 Å². The summed E-state index contributed by atoms with van der Waals surface area (Å²) in [7, 11) is 0. The highest BCUT2D eigenvalue weighted by molar-refractivity contribution is 5.81. The van der Waals surface area contributed by atoms with Gasteiger partial charge in [0.2, 0.25) is 5.91 Å². The zero-order valence-electron chi connectivity index (χ0n) is 44.9. The van der Waals surface area contributed by atoms with Crippen LogP contribution in [0.4, 0.5) is 24.0 Å². The minimum atomic E-state index is -2.00. The lowest BCUT2D eigenvalue weighted by molar-refractivity contribution is -0.316. The highest BCUT2D eigenvalue weighted by Crippen LogP contribution is 2.34. The van der Waals surface area contributed by atoms with E-state index < -0.39 is 163 Å². The first-order chi connectivity index (χ1) is 33.3. The van der Waals surface area contributed by atoms with Crippen LogP contribution in [0.1, 0.15) is 130 Å². The second kappa shape index (κ2) is 25.8. The van der Waals surface area contributed by atoms with Gasteiger partial charge < -0.3 is 100 Å². The van der Waals surface area contributed by atoms with Crippen LogP contribution in [0.25, 0.3) is 0 Å². The minimum Gasteiger partial charge on any atom is -0.444 e. The van der Waals surface area contributed by atoms with Crippen molar-refractivity contribution in [3.8, 4) is 0 Å². The molecule has 0 aromatic rings. The number of nitrogens with one attached hydrogen (secondary N) is 6. The van der Waals surface area contributed by atoms with Gasteiger partial charge in [-0.2, -0.15) is 0 Å². The second-order valence-electron chi connectivity index (χ2n) is 23.2. The van der Waals surface area contributed by atoms with E-state index in [1.165, 1.54) is 0 Å². The fourth-order valence-corrected chi connectivity index (χ4v) is 7.70. The van der Waals surface area contributed by atoms with Gasteiger partial charge in [-0.1, -0.05) is 0 Å². The Morgan fingerprint density at radius 1 is 0.534 bits per heavy atom. The molecule has 1 aliphatic carbocycles. The maximum Gasteiger partial charge on any atom is 0.408 e. The highest BCUT2D eigenvalue weighted by atomic mass is 16.7. The standard InChI is InChI=1S/C47H84N6O20/c1-43(2,3)69-38(60)48-19-18-27(55)35(59)50-25-20-26(52-41(63)72-46(10,11)12)34(32(58)33(25)68-37-31(57)29(30(56)28(22-54)66-37)53-42(64)73-47(13,14)15)67-36-24(51-40(62)71-45(7,8)9)17-16-23(65-36)21-49-39(61)70-44(4,5)6/h23-34,36-37,54-58H,16-22H2,1-15H3,(H,48,60)(H,49,61)(H,50,59)(H,51,62)(H,52,63)(H,53,64)/t23?,24?,25-,26-,27+,28?,29+,30-,31?,32?,33+,34?,36-,37-/m1/s1. The third kappa shape index (κ3) is 22.1. The lowest BCUT2D eigenvalue weighted by Crippen LogP contribution is -2.70. The van der Waals surface area contributed by atoms with E-state index in [0.717, 1.165) is 0 Å². The molecule has 26 nitrogen and oxygen atoms in total. The molecule has 26 heteroatoms. The lowest BCUT2D eigenvalue weighted by atomic mass is 9.83. The Morgan fingerprint density at radius 2 is 0.973 bits per heavy atom. The molecule has 3 rings (SSSR count). The van der Waals surface area contributed by atoms with Crippen LogP contribution in [-0.4, -0.2) is 195 Å². The van der Waals surface area contributed by atoms with Crippen LogP contribution < -0.4 is 31.9 Å². The highest BCUT2D eigenvalue weighted by Gasteiger charge is 2.54. The summed E-state index contributed by atoms with van der Waals surface area (Å²) in [6, 6.07) is -5.39. The van der Waals surface area contributed by atoms with Crippen LogP contribution in [0.5, 0.6) is 0 Å². The van der Waals surface area contributed by atoms with E-state index in [9.17, 15) is 54.3 Å². The summed E-state index contributed by atoms with van der Waals surface area (Å²) in [5, 5.41) is 72.3. The van der Waals surface area contributed by atoms with Crippen LogP contribution in [0.2, 0.25) is 0 Å². The summed E-state index contributed by atoms with van der Waals surface area (Å²) >= 11 is 0. The Balaban J connectivity index is 2.12. The average molecular weight is 1050 g/mol. The minimum absolute atomic E-state index is 0.0938. The number of ether oxygens (including phenoxy) is 9. The fraction of sp³-hybridized carbons (Fsp3) is 0.872. The summed E-state index contributed by atoms with van der Waals surface area (Å²) in [5.41, 5.74) is -4.64. The van der Waals surface area contributed by atoms with Crippen molar-refractivity contribution in [3.05, 3.63) is 0 Å². The van der Waals surface area contributed by atoms with E-state index in [0.29, 0.717) is 0 Å². The predicted molar refractivity (Wildman–Crippen MR) is 257 cm³/mol. The molecule has 422 valence electrons. The van der Waals surface area contributed by atoms with E-state index >= 15 is 0 Å². The van der Waals surface area contributed by atoms with Crippen molar-refractivity contribution in [3.63, 3.8) is 0 Å². The number of aliphatic hydroxyl groups excluding tert-OH is 5. The van der Waals surface area contributed by atoms with E-state index in [4.69, 9.17) is 42.6 Å². The third-order valence-electron chi connectivity index (χ3n) is 10.6. The van der Waals surface area contributed by atoms with Gasteiger partial charge in [0.1, 0.15) is 70.7 Å². The number of rotatable bonds is 15. The van der Waals surface area contributed by atoms with Gasteiger partial charge in [0.05, 0.1) is 36.9 Å². The molecule has 2 aliphatic heterocycles. The molecule has 0 radical (unpaired) electrons. The molecule has 2 heterocycles. The lowest BCUT2D eigenvalue weighted by Gasteiger charge is -2.49. The first-order valence-corrected chi connectivity index (χ1v) is 24.5. The summed E-state index contributed by atoms with van der Waals surface area (Å²) < 4.78 is 52.1. The van der Waals surface area contributed by atoms with Crippen LogP contribution in [0.15, 0.2) is 0 Å². The number of amides is 6. The third-order valence-corrected chi connectivity index (χ3v) is 10.6. The molecule has 11 N–H and O–H groups in total. The van der Waals surface area contributed by atoms with Crippen molar-refractivity contribution in [2.45, 2.75) is 243 Å². The van der Waals surface area contributed by atoms with Crippen molar-refractivity contribution in [1.82, 2.24) is 31.9 Å². The summed E-state index contributed by atoms with van der Waals surface area (Å²) in [4.78, 5) is 78.6. The Morgan fingerprint density at radius 3 is 1.47 bits per heavy atom. The average Bonchev–Trinajstić information content (AvgIpc) is 3.19. The maximum absolute atomic E-state index is 13.8. The van der Waals surface area contributed by atoms with Crippen LogP contribution in [0, 0.1) is 0 Å². The molecule has 1 saturated carbocycles. The second-order valence-corrected chi connectivity index (χ2v) is 23.2. The van der Waals surface area contributed by atoms with Crippen LogP contribution in [0.3, 0.4) is 0 Å². The Hall–Kier alpha value is -4.54. The Bertz CT molecular complexity index is 1840. The van der Waals surface area contributed by atoms with E-state index in [1.54, 1.807) is 104 Å². The smallest absolute Gasteiger partial charge is 0.408 e. The van der Waals surface area contributed by atoms with E-state index in [-0.39, 0.29) is 32.4 Å². The van der Waals surface area contributed by atoms with Gasteiger partial charge in [-0.05, 0) is 130 Å². The summed E-state index contributed by atoms with van der Waals surface area (Å²) in [6.45, 7) is 23.4. The molecular weight excluding hydrogens is 969 g/mol. The Labute approximate surface area is 427 Å². The van der Waals surface area contributed by atoms with Gasteiger partial charge in [-0.15, -0.1) is 0 Å². The molecule has 6 amide bonds. The molecule has 0 bridgehead atoms. The molecular formula is C47H84N6O20. The molecule has 3 fully saturated rings. The van der Waals surface area contributed by atoms with E-state index in [2.05, 4.69) is 31.9 Å². The number of alkyl carbamates (subject to hydrolysis) is 5. The zero-order valence-corrected chi connectivity index (χ0v) is 44.9. The quantitative estimate of drug-likeness (QED) is 0.103. The monoisotopic (exact) mass is 1050 g/mol. The number of carbonyl (C=O) groups is 6. The fourth-order valence-electron chi connectivity index (χ4n) is 7.70. The van der Waals surface area contributed by atoms with Crippen LogP contribution in [-0.2, 0) is 47.4 Å². The predicted octanol–water partition coefficient (Wildman–Crippen LogP) is 1.43. The number of hydrogen-bond acceptors (Lipinski definition) is 20. The molecule has 14 atom stereocenters. The Kier molecular flexibility index (Phi) is 22.2. The molecule has 6 unspecified atom stereocenters. The normalized spacial score (nSPS) is 29.6. The summed E-state index contributed by atoms with van der Waals surface area (Å²) in [5.74, 6) is -1.04. The number of hydrogen-bond donors (Lipinski definition) is 11. The van der Waals surface area contributed by atoms with Crippen molar-refractivity contribution >= 4 is 36.4 Å². The largest absolute Gasteiger partial charge is 0.444 e. The van der Waals surface area contributed by atoms with Crippen molar-refractivity contribution in [2.24, 2.45) is 0 Å². The number of carbonyl (C=O) groups excluding carboxylic acids is 6. The zero-order chi connectivity index (χ0) is 55.6. The van der Waals surface area contributed by atoms with Gasteiger partial charge in [0, 0.05) is 13.1 Å². The van der Waals surface area contributed by atoms with Gasteiger partial charge in [0.15, 0.2) is 12.6 Å². The molecule has 0 aromatic heterocycles. The van der Waals surface area contributed by atoms with E-state index in [1.807, 2.05) is 0 Å². The summed E-state index contributed by atoms with van der Waals surface area (Å²) in [6.07, 6.45) is -21.3. The van der Waals surface area contributed by atoms with Gasteiger partial charge in [-0.25, -0.2) is 24.0 Å². The maximum atomic E-state index is 13.8. The van der Waals surface area contributed by atoms with Crippen molar-refractivity contribution in [2.75, 3.05) is 19.7 Å². The molecule has 0 aromatic carbocycles. The van der Waals surface area contributed by atoms with Crippen molar-refractivity contribution in [1.29, 1.82) is 0 Å². The molecule has 2 saturated heterocycles. The first-order valence-electron chi connectivity index (χ1n) is 24.5. The molecule has 73 heavy (non-hydrogen) atoms. The number of aliphatic hydroxyl groups is 5. The molecule has 3 aliphatic rings. The van der Waals surface area contributed by atoms with Crippen LogP contribution >= 0.6 is 0 Å². The SMILES string of the molecule is CC(C)(C)OC(=O)NCC[C@H](O)C(=O)N[C@@H]1C[C@@H](NC(=O)OC(C)(C)C)C(O[C@H]2OC(CNC(=O)OC(C)(C)C)CCC2NC(=O)OC(C)(C)C)C(O)[C@H]1O[C@H]1OC(CO)[C@@H](O)[C@H](NC(=O)OC(C)(C)C)C1O. The van der Waals surface area contributed by atoms with Crippen molar-refractivity contribution < 1.29 is 96.9 Å². The molecule has 0 spiro atoms. The van der Waals surface area contributed by atoms with Gasteiger partial charge in [-0.3, -0.25) is 4.79 Å². The van der Waals surface area contributed by atoms with Gasteiger partial charge in [0.25, 0.3) is 0 Å². The topological polar surface area (TPSA) is 359 Å². The first kappa shape index (κ1) is 62.8.